The molecule has 1 fully saturated rings. The van der Waals surface area contributed by atoms with Gasteiger partial charge in [0, 0.05) is 30.3 Å². The fraction of sp³-hybridized carbons (Fsp3) is 0.379. The molecule has 1 N–H and O–H groups in total. The number of fused-ring (bicyclic) bond motifs is 1. The molecule has 6 heteroatoms. The zero-order chi connectivity index (χ0) is 24.6. The van der Waals surface area contributed by atoms with Gasteiger partial charge in [-0.25, -0.2) is 4.39 Å². The molecule has 0 spiro atoms. The highest BCUT2D eigenvalue weighted by Crippen LogP contribution is 2.29. The van der Waals surface area contributed by atoms with Gasteiger partial charge in [0.15, 0.2) is 0 Å². The number of hydrogen-bond donors (Lipinski definition) is 1. The summed E-state index contributed by atoms with van der Waals surface area (Å²) in [5, 5.41) is 20.3. The van der Waals surface area contributed by atoms with E-state index in [-0.39, 0.29) is 18.1 Å². The van der Waals surface area contributed by atoms with Crippen LogP contribution in [0.3, 0.4) is 0 Å². The number of halogens is 1. The molecule has 5 nitrogen and oxygen atoms in total. The van der Waals surface area contributed by atoms with Crippen molar-refractivity contribution in [3.8, 4) is 23.7 Å². The Labute approximate surface area is 206 Å². The molecule has 1 saturated heterocycles. The molecule has 0 unspecified atom stereocenters. The Morgan fingerprint density at radius 1 is 1.23 bits per heavy atom. The molecule has 0 radical (unpaired) electrons. The molecule has 35 heavy (non-hydrogen) atoms. The summed E-state index contributed by atoms with van der Waals surface area (Å²) in [6.45, 7) is 2.40. The lowest BCUT2D eigenvalue weighted by Crippen LogP contribution is -2.42. The molecule has 1 aliphatic heterocycles. The van der Waals surface area contributed by atoms with Gasteiger partial charge in [0.05, 0.1) is 19.2 Å². The molecule has 1 aromatic heterocycles. The zero-order valence-corrected chi connectivity index (χ0v) is 20.0. The van der Waals surface area contributed by atoms with Gasteiger partial charge in [-0.2, -0.15) is 5.26 Å². The first-order chi connectivity index (χ1) is 17.1. The molecule has 1 aliphatic rings. The van der Waals surface area contributed by atoms with Crippen molar-refractivity contribution in [1.82, 2.24) is 9.88 Å². The lowest BCUT2D eigenvalue weighted by atomic mass is 9.82. The molecule has 2 aromatic carbocycles. The van der Waals surface area contributed by atoms with Crippen LogP contribution in [0.4, 0.5) is 4.39 Å². The van der Waals surface area contributed by atoms with Crippen molar-refractivity contribution in [3.63, 3.8) is 0 Å². The third-order valence-electron chi connectivity index (χ3n) is 6.92. The van der Waals surface area contributed by atoms with Crippen LogP contribution >= 0.6 is 0 Å². The van der Waals surface area contributed by atoms with Gasteiger partial charge in [-0.05, 0) is 86.0 Å². The van der Waals surface area contributed by atoms with Crippen molar-refractivity contribution in [3.05, 3.63) is 71.2 Å². The summed E-state index contributed by atoms with van der Waals surface area (Å²) < 4.78 is 19.1. The van der Waals surface area contributed by atoms with E-state index in [1.54, 1.807) is 19.2 Å². The molecule has 0 aliphatic carbocycles. The van der Waals surface area contributed by atoms with Crippen LogP contribution in [0.5, 0.6) is 5.75 Å². The quantitative estimate of drug-likeness (QED) is 0.512. The molecular formula is C29H30FN3O2. The van der Waals surface area contributed by atoms with E-state index in [1.165, 1.54) is 11.6 Å². The topological polar surface area (TPSA) is 69.4 Å². The maximum Gasteiger partial charge on any atom is 0.142 e. The van der Waals surface area contributed by atoms with Crippen molar-refractivity contribution in [2.24, 2.45) is 11.8 Å². The number of ether oxygens (including phenoxy) is 1. The van der Waals surface area contributed by atoms with Gasteiger partial charge in [0.1, 0.15) is 23.2 Å². The second kappa shape index (κ2) is 11.8. The number of likely N-dealkylation sites (tertiary alicyclic amines) is 1. The molecule has 2 heterocycles. The van der Waals surface area contributed by atoms with Crippen molar-refractivity contribution in [2.45, 2.75) is 25.7 Å². The minimum absolute atomic E-state index is 0.00707. The summed E-state index contributed by atoms with van der Waals surface area (Å²) in [7, 11) is 1.68. The summed E-state index contributed by atoms with van der Waals surface area (Å²) in [5.74, 6) is 7.00. The van der Waals surface area contributed by atoms with Crippen LogP contribution in [0.25, 0.3) is 10.9 Å². The molecule has 0 bridgehead atoms. The van der Waals surface area contributed by atoms with Crippen molar-refractivity contribution in [2.75, 3.05) is 33.4 Å². The summed E-state index contributed by atoms with van der Waals surface area (Å²) in [4.78, 5) is 6.70. The van der Waals surface area contributed by atoms with Gasteiger partial charge in [-0.15, -0.1) is 0 Å². The highest BCUT2D eigenvalue weighted by atomic mass is 19.1. The molecular weight excluding hydrogens is 441 g/mol. The number of nitrogens with zero attached hydrogens (tertiary/aromatic N) is 3. The Morgan fingerprint density at radius 3 is 2.91 bits per heavy atom. The Balaban J connectivity index is 1.32. The average Bonchev–Trinajstić information content (AvgIpc) is 2.89. The standard InChI is InChI=1S/C29H30FN3O2/c1-35-25-10-11-29-26(17-25)23(12-14-32-29)6-2-5-21-13-16-33(19-24(21)20-34)15-4-8-22-7-3-9-28(30)27(22)18-31/h3,7,9-12,14,17,21,24,34H,2,5-6,13,15-16,19-20H2,1H3/t21-,24-/m1/s1. The van der Waals surface area contributed by atoms with Gasteiger partial charge in [0.25, 0.3) is 0 Å². The van der Waals surface area contributed by atoms with Gasteiger partial charge in [0.2, 0.25) is 0 Å². The fourth-order valence-electron chi connectivity index (χ4n) is 4.96. The van der Waals surface area contributed by atoms with E-state index >= 15 is 0 Å². The maximum atomic E-state index is 13.8. The number of methoxy groups -OCH3 is 1. The third-order valence-corrected chi connectivity index (χ3v) is 6.92. The van der Waals surface area contributed by atoms with Crippen molar-refractivity contribution < 1.29 is 14.2 Å². The number of pyridine rings is 1. The predicted octanol–water partition coefficient (Wildman–Crippen LogP) is 4.56. The maximum absolute atomic E-state index is 13.8. The largest absolute Gasteiger partial charge is 0.497 e. The average molecular weight is 472 g/mol. The van der Waals surface area contributed by atoms with Gasteiger partial charge in [-0.1, -0.05) is 17.9 Å². The number of aromatic nitrogens is 1. The third kappa shape index (κ3) is 5.98. The van der Waals surface area contributed by atoms with Crippen LogP contribution in [-0.2, 0) is 6.42 Å². The highest BCUT2D eigenvalue weighted by molar-refractivity contribution is 5.83. The lowest BCUT2D eigenvalue weighted by molar-refractivity contribution is 0.0748. The minimum atomic E-state index is -0.542. The normalized spacial score (nSPS) is 18.0. The minimum Gasteiger partial charge on any atom is -0.497 e. The first-order valence-corrected chi connectivity index (χ1v) is 12.0. The number of hydrogen-bond acceptors (Lipinski definition) is 5. The smallest absolute Gasteiger partial charge is 0.142 e. The van der Waals surface area contributed by atoms with E-state index < -0.39 is 5.82 Å². The first-order valence-electron chi connectivity index (χ1n) is 12.0. The monoisotopic (exact) mass is 471 g/mol. The SMILES string of the molecule is COc1ccc2nccc(CCC[C@@H]3CCN(CC#Cc4cccc(F)c4C#N)C[C@@H]3CO)c2c1. The van der Waals surface area contributed by atoms with Gasteiger partial charge < -0.3 is 9.84 Å². The van der Waals surface area contributed by atoms with E-state index in [4.69, 9.17) is 10.00 Å². The fourth-order valence-corrected chi connectivity index (χ4v) is 4.96. The second-order valence-electron chi connectivity index (χ2n) is 9.05. The molecule has 3 aromatic rings. The van der Waals surface area contributed by atoms with Crippen LogP contribution < -0.4 is 4.74 Å². The van der Waals surface area contributed by atoms with Crippen LogP contribution in [-0.4, -0.2) is 48.3 Å². The molecule has 0 amide bonds. The first kappa shape index (κ1) is 24.7. The van der Waals surface area contributed by atoms with Gasteiger partial charge >= 0.3 is 0 Å². The summed E-state index contributed by atoms with van der Waals surface area (Å²) in [5.41, 5.74) is 2.66. The molecule has 180 valence electrons. The van der Waals surface area contributed by atoms with E-state index in [1.807, 2.05) is 24.4 Å². The predicted molar refractivity (Wildman–Crippen MR) is 134 cm³/mol. The van der Waals surface area contributed by atoms with E-state index in [0.717, 1.165) is 55.4 Å². The Hall–Kier alpha value is -3.45. The van der Waals surface area contributed by atoms with E-state index in [9.17, 15) is 9.50 Å². The number of aliphatic hydroxyl groups is 1. The molecule has 4 rings (SSSR count). The zero-order valence-electron chi connectivity index (χ0n) is 20.0. The van der Waals surface area contributed by atoms with Crippen LogP contribution in [0.2, 0.25) is 0 Å². The Bertz CT molecular complexity index is 1270. The molecule has 2 atom stereocenters. The number of aryl methyl sites for hydroxylation is 1. The second-order valence-corrected chi connectivity index (χ2v) is 9.05. The number of rotatable bonds is 7. The summed E-state index contributed by atoms with van der Waals surface area (Å²) >= 11 is 0. The number of aliphatic hydroxyl groups excluding tert-OH is 1. The van der Waals surface area contributed by atoms with E-state index in [0.29, 0.717) is 18.0 Å². The Kier molecular flexibility index (Phi) is 8.32. The number of nitriles is 1. The van der Waals surface area contributed by atoms with Crippen LogP contribution in [0, 0.1) is 40.8 Å². The lowest BCUT2D eigenvalue weighted by Gasteiger charge is -2.37. The summed E-state index contributed by atoms with van der Waals surface area (Å²) in [6.07, 6.45) is 5.96. The summed E-state index contributed by atoms with van der Waals surface area (Å²) in [6, 6.07) is 14.5. The van der Waals surface area contributed by atoms with Crippen LogP contribution in [0.1, 0.15) is 36.0 Å². The van der Waals surface area contributed by atoms with Crippen LogP contribution in [0.15, 0.2) is 48.7 Å². The number of benzene rings is 2. The highest BCUT2D eigenvalue weighted by Gasteiger charge is 2.28. The Morgan fingerprint density at radius 2 is 2.11 bits per heavy atom. The van der Waals surface area contributed by atoms with Gasteiger partial charge in [-0.3, -0.25) is 9.88 Å². The van der Waals surface area contributed by atoms with E-state index in [2.05, 4.69) is 33.9 Å². The van der Waals surface area contributed by atoms with Crippen molar-refractivity contribution >= 4 is 10.9 Å². The number of piperidine rings is 1. The van der Waals surface area contributed by atoms with Crippen molar-refractivity contribution in [1.29, 1.82) is 5.26 Å². The molecule has 0 saturated carbocycles.